The summed E-state index contributed by atoms with van der Waals surface area (Å²) < 4.78 is 37.8. The van der Waals surface area contributed by atoms with Crippen molar-refractivity contribution in [3.05, 3.63) is 48.0 Å². The number of amidine groups is 1. The molecule has 4 atom stereocenters. The highest BCUT2D eigenvalue weighted by Crippen LogP contribution is 2.49. The van der Waals surface area contributed by atoms with Crippen LogP contribution in [-0.4, -0.2) is 49.6 Å². The van der Waals surface area contributed by atoms with Gasteiger partial charge < -0.3 is 24.7 Å². The molecule has 4 unspecified atom stereocenters. The van der Waals surface area contributed by atoms with Gasteiger partial charge in [0.2, 0.25) is 5.95 Å². The van der Waals surface area contributed by atoms with Gasteiger partial charge in [0.15, 0.2) is 5.54 Å². The molecule has 3 aliphatic rings. The van der Waals surface area contributed by atoms with Crippen LogP contribution in [0.2, 0.25) is 0 Å². The Bertz CT molecular complexity index is 969. The number of hydrogen-bond acceptors (Lipinski definition) is 7. The number of benzene rings is 1. The summed E-state index contributed by atoms with van der Waals surface area (Å²) in [7, 11) is 1.65. The lowest BCUT2D eigenvalue weighted by atomic mass is 9.77. The molecular weight excluding hydrogens is 377 g/mol. The van der Waals surface area contributed by atoms with E-state index in [1.807, 2.05) is 18.2 Å². The molecule has 1 spiro atoms. The van der Waals surface area contributed by atoms with Crippen LogP contribution in [-0.2, 0) is 19.7 Å². The predicted molar refractivity (Wildman–Crippen MR) is 103 cm³/mol. The van der Waals surface area contributed by atoms with E-state index < -0.39 is 11.5 Å². The van der Waals surface area contributed by atoms with E-state index in [0.29, 0.717) is 23.5 Å². The van der Waals surface area contributed by atoms with Gasteiger partial charge in [0.1, 0.15) is 24.6 Å². The number of methoxy groups -OCH3 is 1. The molecule has 1 saturated heterocycles. The second-order valence-electron chi connectivity index (χ2n) is 7.58. The summed E-state index contributed by atoms with van der Waals surface area (Å²) in [5, 5.41) is 0. The van der Waals surface area contributed by atoms with Crippen molar-refractivity contribution in [1.82, 2.24) is 4.98 Å². The molecule has 7 nitrogen and oxygen atoms in total. The lowest BCUT2D eigenvalue weighted by Crippen LogP contribution is -2.57. The van der Waals surface area contributed by atoms with Crippen molar-refractivity contribution in [3.8, 4) is 16.9 Å². The molecule has 0 bridgehead atoms. The Kier molecular flexibility index (Phi) is 4.40. The average molecular weight is 399 g/mol. The van der Waals surface area contributed by atoms with Crippen molar-refractivity contribution in [3.63, 3.8) is 0 Å². The molecule has 1 fully saturated rings. The molecule has 29 heavy (non-hydrogen) atoms. The summed E-state index contributed by atoms with van der Waals surface area (Å²) >= 11 is 0. The molecule has 8 heteroatoms. The predicted octanol–water partition coefficient (Wildman–Crippen LogP) is 2.38. The van der Waals surface area contributed by atoms with Crippen LogP contribution >= 0.6 is 0 Å². The Labute approximate surface area is 167 Å². The van der Waals surface area contributed by atoms with Gasteiger partial charge in [-0.3, -0.25) is 0 Å². The Morgan fingerprint density at radius 1 is 1.31 bits per heavy atom. The highest BCUT2D eigenvalue weighted by Gasteiger charge is 2.56. The molecular formula is C21H22FN3O4. The van der Waals surface area contributed by atoms with E-state index >= 15 is 0 Å². The maximum atomic E-state index is 14.3. The van der Waals surface area contributed by atoms with Crippen LogP contribution in [0.15, 0.2) is 41.5 Å². The van der Waals surface area contributed by atoms with Crippen LogP contribution < -0.4 is 10.5 Å². The largest absolute Gasteiger partial charge is 0.487 e. The van der Waals surface area contributed by atoms with Crippen molar-refractivity contribution in [1.29, 1.82) is 0 Å². The van der Waals surface area contributed by atoms with Gasteiger partial charge in [0.05, 0.1) is 12.7 Å². The first-order valence-corrected chi connectivity index (χ1v) is 9.65. The number of halogens is 1. The number of aliphatic imine (C=N–C) groups is 1. The molecule has 5 rings (SSSR count). The molecule has 1 aromatic heterocycles. The first-order chi connectivity index (χ1) is 14.1. The molecule has 0 amide bonds. The fraction of sp³-hybridized carbons (Fsp3) is 0.429. The summed E-state index contributed by atoms with van der Waals surface area (Å²) in [4.78, 5) is 8.43. The zero-order chi connectivity index (χ0) is 20.0. The maximum absolute atomic E-state index is 14.3. The van der Waals surface area contributed by atoms with E-state index in [4.69, 9.17) is 24.7 Å². The maximum Gasteiger partial charge on any atom is 0.283 e. The first kappa shape index (κ1) is 18.3. The summed E-state index contributed by atoms with van der Waals surface area (Å²) in [5.74, 6) is 0.158. The summed E-state index contributed by atoms with van der Waals surface area (Å²) in [6.45, 7) is 0.738. The third-order valence-corrected chi connectivity index (χ3v) is 5.82. The molecule has 2 aromatic rings. The summed E-state index contributed by atoms with van der Waals surface area (Å²) in [5.41, 5.74) is 6.94. The van der Waals surface area contributed by atoms with Gasteiger partial charge in [-0.15, -0.1) is 0 Å². The van der Waals surface area contributed by atoms with Crippen molar-refractivity contribution in [2.24, 2.45) is 10.7 Å². The van der Waals surface area contributed by atoms with Crippen molar-refractivity contribution in [2.45, 2.75) is 36.7 Å². The van der Waals surface area contributed by atoms with Crippen LogP contribution in [0, 0.1) is 5.95 Å². The topological polar surface area (TPSA) is 88.2 Å². The summed E-state index contributed by atoms with van der Waals surface area (Å²) in [6.07, 6.45) is 2.47. The fourth-order valence-corrected chi connectivity index (χ4v) is 4.50. The first-order valence-electron chi connectivity index (χ1n) is 9.65. The summed E-state index contributed by atoms with van der Waals surface area (Å²) in [6, 6.07) is 9.06. The number of ether oxygens (including phenoxy) is 4. The van der Waals surface area contributed by atoms with E-state index in [-0.39, 0.29) is 30.9 Å². The average Bonchev–Trinajstić information content (AvgIpc) is 3.12. The Balaban J connectivity index is 1.62. The van der Waals surface area contributed by atoms with Gasteiger partial charge in [0.25, 0.3) is 6.02 Å². The molecule has 1 aromatic carbocycles. The quantitative estimate of drug-likeness (QED) is 0.798. The van der Waals surface area contributed by atoms with Gasteiger partial charge in [-0.05, 0) is 42.7 Å². The second-order valence-corrected chi connectivity index (χ2v) is 7.58. The zero-order valence-corrected chi connectivity index (χ0v) is 16.0. The SMILES string of the molecule is COCC1CCC2Oc3ccc(-c4cccnc4F)cc3C3(COC(N)=N3)C2O1. The minimum atomic E-state index is -0.844. The number of nitrogens with zero attached hydrogens (tertiary/aromatic N) is 2. The molecule has 0 saturated carbocycles. The number of pyridine rings is 1. The highest BCUT2D eigenvalue weighted by atomic mass is 19.1. The van der Waals surface area contributed by atoms with Gasteiger partial charge in [-0.1, -0.05) is 6.07 Å². The molecule has 4 heterocycles. The van der Waals surface area contributed by atoms with Crippen molar-refractivity contribution < 1.29 is 23.3 Å². The fourth-order valence-electron chi connectivity index (χ4n) is 4.50. The lowest BCUT2D eigenvalue weighted by molar-refractivity contribution is -0.165. The minimum absolute atomic E-state index is 0.0563. The number of aromatic nitrogens is 1. The number of hydrogen-bond donors (Lipinski definition) is 1. The third-order valence-electron chi connectivity index (χ3n) is 5.82. The van der Waals surface area contributed by atoms with E-state index in [1.165, 1.54) is 6.20 Å². The zero-order valence-electron chi connectivity index (χ0n) is 16.0. The van der Waals surface area contributed by atoms with Crippen molar-refractivity contribution >= 4 is 6.02 Å². The molecule has 2 N–H and O–H groups in total. The van der Waals surface area contributed by atoms with E-state index in [1.54, 1.807) is 19.2 Å². The standard InChI is InChI=1S/C21H22FN3O4/c1-26-10-13-5-7-17-18(28-13)21(11-27-20(23)25-21)15-9-12(4-6-16(15)29-17)14-3-2-8-24-19(14)22/h2-4,6,8-9,13,17-18H,5,7,10-11H2,1H3,(H2,23,25). The van der Waals surface area contributed by atoms with Gasteiger partial charge in [-0.25, -0.2) is 9.98 Å². The smallest absolute Gasteiger partial charge is 0.283 e. The number of fused-ring (bicyclic) bond motifs is 4. The second kappa shape index (κ2) is 6.96. The van der Waals surface area contributed by atoms with Crippen LogP contribution in [0.3, 0.4) is 0 Å². The van der Waals surface area contributed by atoms with E-state index in [2.05, 4.69) is 9.98 Å². The van der Waals surface area contributed by atoms with Gasteiger partial charge in [-0.2, -0.15) is 4.39 Å². The number of rotatable bonds is 3. The monoisotopic (exact) mass is 399 g/mol. The molecule has 152 valence electrons. The van der Waals surface area contributed by atoms with Gasteiger partial charge >= 0.3 is 0 Å². The highest BCUT2D eigenvalue weighted by molar-refractivity contribution is 5.75. The van der Waals surface area contributed by atoms with E-state index in [9.17, 15) is 4.39 Å². The minimum Gasteiger partial charge on any atom is -0.487 e. The molecule has 0 aliphatic carbocycles. The van der Waals surface area contributed by atoms with Crippen molar-refractivity contribution in [2.75, 3.05) is 20.3 Å². The van der Waals surface area contributed by atoms with Crippen LogP contribution in [0.1, 0.15) is 18.4 Å². The van der Waals surface area contributed by atoms with Crippen LogP contribution in [0.4, 0.5) is 4.39 Å². The van der Waals surface area contributed by atoms with Crippen LogP contribution in [0.5, 0.6) is 5.75 Å². The van der Waals surface area contributed by atoms with E-state index in [0.717, 1.165) is 18.4 Å². The Morgan fingerprint density at radius 3 is 2.97 bits per heavy atom. The normalized spacial score (nSPS) is 30.1. The van der Waals surface area contributed by atoms with Gasteiger partial charge in [0, 0.05) is 24.4 Å². The van der Waals surface area contributed by atoms with Crippen LogP contribution in [0.25, 0.3) is 11.1 Å². The molecule has 0 radical (unpaired) electrons. The lowest BCUT2D eigenvalue weighted by Gasteiger charge is -2.47. The Hall–Kier alpha value is -2.71. The number of nitrogens with two attached hydrogens (primary N) is 1. The Morgan fingerprint density at radius 2 is 2.21 bits per heavy atom. The third kappa shape index (κ3) is 2.94. The molecule has 3 aliphatic heterocycles.